The first-order valence-electron chi connectivity index (χ1n) is 5.73. The second kappa shape index (κ2) is 6.25. The Morgan fingerprint density at radius 3 is 2.68 bits per heavy atom. The Kier molecular flexibility index (Phi) is 4.66. The smallest absolute Gasteiger partial charge is 0.235 e. The van der Waals surface area contributed by atoms with Crippen LogP contribution in [-0.2, 0) is 11.8 Å². The molecule has 1 aromatic carbocycles. The van der Waals surface area contributed by atoms with E-state index in [4.69, 9.17) is 0 Å². The summed E-state index contributed by atoms with van der Waals surface area (Å²) < 4.78 is 2.40. The number of hydrogen-bond acceptors (Lipinski definition) is 3. The van der Waals surface area contributed by atoms with Crippen LogP contribution in [0.15, 0.2) is 39.8 Å². The van der Waals surface area contributed by atoms with E-state index in [0.717, 1.165) is 9.37 Å². The lowest BCUT2D eigenvalue weighted by Gasteiger charge is -2.06. The summed E-state index contributed by atoms with van der Waals surface area (Å²) in [5.74, 6) is 1.00. The number of carbonyl (C=O) groups excluding carboxylic acids is 1. The zero-order valence-electron chi connectivity index (χ0n) is 10.7. The largest absolute Gasteiger partial charge is 0.309 e. The van der Waals surface area contributed by atoms with Gasteiger partial charge >= 0.3 is 0 Å². The van der Waals surface area contributed by atoms with Crippen molar-refractivity contribution in [1.82, 2.24) is 9.78 Å². The molecule has 100 valence electrons. The number of aryl methyl sites for hydroxylation is 2. The molecule has 1 heterocycles. The maximum absolute atomic E-state index is 11.9. The van der Waals surface area contributed by atoms with Gasteiger partial charge in [0, 0.05) is 11.9 Å². The van der Waals surface area contributed by atoms with Gasteiger partial charge < -0.3 is 5.32 Å². The summed E-state index contributed by atoms with van der Waals surface area (Å²) in [5, 5.41) is 6.88. The lowest BCUT2D eigenvalue weighted by Crippen LogP contribution is -2.16. The number of nitrogens with one attached hydrogen (secondary N) is 1. The molecule has 0 aliphatic rings. The summed E-state index contributed by atoms with van der Waals surface area (Å²) in [7, 11) is 1.79. The number of thioether (sulfide) groups is 1. The van der Waals surface area contributed by atoms with Crippen LogP contribution in [0.3, 0.4) is 0 Å². The van der Waals surface area contributed by atoms with Crippen molar-refractivity contribution in [2.24, 2.45) is 7.05 Å². The molecule has 0 spiro atoms. The number of aromatic nitrogens is 2. The predicted octanol–water partition coefficient (Wildman–Crippen LogP) is 3.22. The third-order valence-corrected chi connectivity index (χ3v) is 4.14. The standard InChI is InChI=1S/C13H14BrN3OS/c1-9-3-5-10(6-4-9)19-8-12(18)16-13-11(14)7-15-17(13)2/h3-7H,8H2,1-2H3,(H,16,18). The Labute approximate surface area is 124 Å². The molecule has 0 aliphatic heterocycles. The molecule has 0 atom stereocenters. The topological polar surface area (TPSA) is 46.9 Å². The minimum absolute atomic E-state index is 0.0464. The zero-order valence-corrected chi connectivity index (χ0v) is 13.1. The highest BCUT2D eigenvalue weighted by Gasteiger charge is 2.10. The molecule has 2 rings (SSSR count). The molecule has 0 unspecified atom stereocenters. The minimum Gasteiger partial charge on any atom is -0.309 e. The summed E-state index contributed by atoms with van der Waals surface area (Å²) in [6.07, 6.45) is 1.66. The van der Waals surface area contributed by atoms with Crippen molar-refractivity contribution in [3.05, 3.63) is 40.5 Å². The molecule has 0 aliphatic carbocycles. The van der Waals surface area contributed by atoms with E-state index in [0.29, 0.717) is 11.6 Å². The van der Waals surface area contributed by atoms with E-state index in [2.05, 4.69) is 26.3 Å². The van der Waals surface area contributed by atoms with Crippen molar-refractivity contribution >= 4 is 39.4 Å². The number of benzene rings is 1. The number of carbonyl (C=O) groups is 1. The number of halogens is 1. The van der Waals surface area contributed by atoms with Crippen LogP contribution in [-0.4, -0.2) is 21.4 Å². The van der Waals surface area contributed by atoms with E-state index < -0.39 is 0 Å². The van der Waals surface area contributed by atoms with Crippen molar-refractivity contribution in [2.45, 2.75) is 11.8 Å². The second-order valence-corrected chi connectivity index (χ2v) is 6.02. The van der Waals surface area contributed by atoms with Crippen molar-refractivity contribution in [1.29, 1.82) is 0 Å². The normalized spacial score (nSPS) is 10.5. The van der Waals surface area contributed by atoms with Crippen LogP contribution >= 0.6 is 27.7 Å². The summed E-state index contributed by atoms with van der Waals surface area (Å²) in [6, 6.07) is 8.12. The van der Waals surface area contributed by atoms with Gasteiger partial charge in [-0.15, -0.1) is 11.8 Å². The van der Waals surface area contributed by atoms with Crippen LogP contribution in [0.1, 0.15) is 5.56 Å². The fourth-order valence-corrected chi connectivity index (χ4v) is 2.65. The quantitative estimate of drug-likeness (QED) is 0.870. The molecule has 1 amide bonds. The van der Waals surface area contributed by atoms with E-state index >= 15 is 0 Å². The van der Waals surface area contributed by atoms with Gasteiger partial charge in [-0.25, -0.2) is 0 Å². The SMILES string of the molecule is Cc1ccc(SCC(=O)Nc2c(Br)cnn2C)cc1. The Hall–Kier alpha value is -1.27. The molecule has 6 heteroatoms. The third-order valence-electron chi connectivity index (χ3n) is 2.54. The fraction of sp³-hybridized carbons (Fsp3) is 0.231. The van der Waals surface area contributed by atoms with Crippen LogP contribution in [0, 0.1) is 6.92 Å². The average Bonchev–Trinajstić information content (AvgIpc) is 2.70. The monoisotopic (exact) mass is 339 g/mol. The van der Waals surface area contributed by atoms with E-state index in [-0.39, 0.29) is 5.91 Å². The van der Waals surface area contributed by atoms with Crippen LogP contribution in [0.5, 0.6) is 0 Å². The third kappa shape index (κ3) is 3.84. The highest BCUT2D eigenvalue weighted by Crippen LogP contribution is 2.22. The van der Waals surface area contributed by atoms with Gasteiger partial charge in [0.15, 0.2) is 0 Å². The first kappa shape index (κ1) is 14.1. The van der Waals surface area contributed by atoms with Crippen molar-refractivity contribution in [3.8, 4) is 0 Å². The number of anilines is 1. The molecule has 1 N–H and O–H groups in total. The number of hydrogen-bond donors (Lipinski definition) is 1. The van der Waals surface area contributed by atoms with E-state index in [1.807, 2.05) is 31.2 Å². The predicted molar refractivity (Wildman–Crippen MR) is 81.4 cm³/mol. The maximum atomic E-state index is 11.9. The Bertz CT molecular complexity index is 561. The molecular weight excluding hydrogens is 326 g/mol. The highest BCUT2D eigenvalue weighted by atomic mass is 79.9. The summed E-state index contributed by atoms with van der Waals surface area (Å²) >= 11 is 4.86. The number of amides is 1. The Morgan fingerprint density at radius 1 is 1.42 bits per heavy atom. The van der Waals surface area contributed by atoms with Gasteiger partial charge in [-0.05, 0) is 35.0 Å². The Morgan fingerprint density at radius 2 is 2.11 bits per heavy atom. The first-order chi connectivity index (χ1) is 9.06. The first-order valence-corrected chi connectivity index (χ1v) is 7.51. The van der Waals surface area contributed by atoms with Gasteiger partial charge in [-0.3, -0.25) is 9.48 Å². The molecule has 0 saturated heterocycles. The highest BCUT2D eigenvalue weighted by molar-refractivity contribution is 9.10. The van der Waals surface area contributed by atoms with Crippen molar-refractivity contribution < 1.29 is 4.79 Å². The lowest BCUT2D eigenvalue weighted by molar-refractivity contribution is -0.113. The van der Waals surface area contributed by atoms with Gasteiger partial charge in [0.05, 0.1) is 16.4 Å². The molecule has 2 aromatic rings. The van der Waals surface area contributed by atoms with Crippen LogP contribution in [0.2, 0.25) is 0 Å². The van der Waals surface area contributed by atoms with E-state index in [1.165, 1.54) is 17.3 Å². The molecule has 1 aromatic heterocycles. The van der Waals surface area contributed by atoms with Crippen LogP contribution in [0.25, 0.3) is 0 Å². The zero-order chi connectivity index (χ0) is 13.8. The maximum Gasteiger partial charge on any atom is 0.235 e. The Balaban J connectivity index is 1.90. The molecule has 4 nitrogen and oxygen atoms in total. The molecule has 19 heavy (non-hydrogen) atoms. The minimum atomic E-state index is -0.0464. The molecular formula is C13H14BrN3OS. The summed E-state index contributed by atoms with van der Waals surface area (Å²) in [5.41, 5.74) is 1.22. The second-order valence-electron chi connectivity index (χ2n) is 4.11. The molecule has 0 radical (unpaired) electrons. The van der Waals surface area contributed by atoms with Gasteiger partial charge in [0.25, 0.3) is 0 Å². The van der Waals surface area contributed by atoms with Crippen molar-refractivity contribution in [2.75, 3.05) is 11.1 Å². The molecule has 0 fully saturated rings. The van der Waals surface area contributed by atoms with E-state index in [1.54, 1.807) is 17.9 Å². The summed E-state index contributed by atoms with van der Waals surface area (Å²) in [6.45, 7) is 2.04. The van der Waals surface area contributed by atoms with Gasteiger partial charge in [-0.1, -0.05) is 17.7 Å². The number of rotatable bonds is 4. The van der Waals surface area contributed by atoms with Crippen LogP contribution in [0.4, 0.5) is 5.82 Å². The molecule has 0 bridgehead atoms. The van der Waals surface area contributed by atoms with E-state index in [9.17, 15) is 4.79 Å². The van der Waals surface area contributed by atoms with Gasteiger partial charge in [-0.2, -0.15) is 5.10 Å². The fourth-order valence-electron chi connectivity index (χ4n) is 1.50. The van der Waals surface area contributed by atoms with Crippen LogP contribution < -0.4 is 5.32 Å². The van der Waals surface area contributed by atoms with Crippen molar-refractivity contribution in [3.63, 3.8) is 0 Å². The van der Waals surface area contributed by atoms with Gasteiger partial charge in [0.1, 0.15) is 5.82 Å². The summed E-state index contributed by atoms with van der Waals surface area (Å²) in [4.78, 5) is 12.9. The van der Waals surface area contributed by atoms with Gasteiger partial charge in [0.2, 0.25) is 5.91 Å². The number of nitrogens with zero attached hydrogens (tertiary/aromatic N) is 2. The average molecular weight is 340 g/mol. The lowest BCUT2D eigenvalue weighted by atomic mass is 10.2. The molecule has 0 saturated carbocycles.